The van der Waals surface area contributed by atoms with Crippen LogP contribution in [0.1, 0.15) is 6.92 Å². The molecule has 1 unspecified atom stereocenters. The summed E-state index contributed by atoms with van der Waals surface area (Å²) in [5, 5.41) is 8.22. The van der Waals surface area contributed by atoms with Crippen molar-refractivity contribution in [2.24, 2.45) is 5.73 Å². The van der Waals surface area contributed by atoms with Crippen molar-refractivity contribution in [1.29, 1.82) is 5.26 Å². The number of nitriles is 1. The number of hydrogen-bond acceptors (Lipinski definition) is 4. The highest BCUT2D eigenvalue weighted by molar-refractivity contribution is 4.91. The van der Waals surface area contributed by atoms with E-state index >= 15 is 0 Å². The second-order valence-electron chi connectivity index (χ2n) is 1.86. The first-order valence-electron chi connectivity index (χ1n) is 2.70. The molecule has 1 saturated heterocycles. The third-order valence-corrected chi connectivity index (χ3v) is 1.09. The molecular weight excluding hydrogens is 120 g/mol. The highest BCUT2D eigenvalue weighted by Gasteiger charge is 2.32. The van der Waals surface area contributed by atoms with Gasteiger partial charge in [-0.1, -0.05) is 0 Å². The van der Waals surface area contributed by atoms with Crippen LogP contribution < -0.4 is 5.73 Å². The van der Waals surface area contributed by atoms with Gasteiger partial charge in [-0.15, -0.1) is 0 Å². The maximum absolute atomic E-state index is 8.22. The monoisotopic (exact) mass is 128 g/mol. The molecule has 1 rings (SSSR count). The molecule has 0 saturated carbocycles. The predicted molar refractivity (Wildman–Crippen MR) is 29.0 cm³/mol. The minimum Gasteiger partial charge on any atom is -0.321 e. The van der Waals surface area contributed by atoms with Crippen LogP contribution in [0.2, 0.25) is 0 Å². The Morgan fingerprint density at radius 3 is 2.56 bits per heavy atom. The van der Waals surface area contributed by atoms with Crippen LogP contribution in [0.25, 0.3) is 0 Å². The van der Waals surface area contributed by atoms with Gasteiger partial charge in [0.05, 0.1) is 6.07 Å². The lowest BCUT2D eigenvalue weighted by Gasteiger charge is -2.34. The normalized spacial score (nSPS) is 36.6. The Kier molecular flexibility index (Phi) is 1.67. The van der Waals surface area contributed by atoms with Crippen LogP contribution in [0.4, 0.5) is 0 Å². The van der Waals surface area contributed by atoms with Crippen LogP contribution in [-0.2, 0) is 9.47 Å². The van der Waals surface area contributed by atoms with Crippen molar-refractivity contribution in [1.82, 2.24) is 0 Å². The number of ether oxygens (including phenoxy) is 2. The lowest BCUT2D eigenvalue weighted by atomic mass is 10.3. The van der Waals surface area contributed by atoms with Crippen molar-refractivity contribution < 1.29 is 9.47 Å². The zero-order valence-electron chi connectivity index (χ0n) is 5.07. The summed E-state index contributed by atoms with van der Waals surface area (Å²) in [5.41, 5.74) is 5.23. The molecule has 0 aromatic heterocycles. The van der Waals surface area contributed by atoms with E-state index in [1.54, 1.807) is 6.92 Å². The molecule has 4 nitrogen and oxygen atoms in total. The molecule has 9 heavy (non-hydrogen) atoms. The molecular formula is C5H8N2O2. The lowest BCUT2D eigenvalue weighted by Crippen LogP contribution is -2.49. The first kappa shape index (κ1) is 6.49. The number of hydrogen-bond donors (Lipinski definition) is 1. The molecule has 0 amide bonds. The van der Waals surface area contributed by atoms with Gasteiger partial charge < -0.3 is 15.2 Å². The minimum absolute atomic E-state index is 0.200. The van der Waals surface area contributed by atoms with E-state index in [0.29, 0.717) is 0 Å². The summed E-state index contributed by atoms with van der Waals surface area (Å²) in [6.07, 6.45) is -0.709. The van der Waals surface area contributed by atoms with E-state index in [1.165, 1.54) is 0 Å². The highest BCUT2D eigenvalue weighted by Crippen LogP contribution is 2.17. The van der Waals surface area contributed by atoms with Crippen LogP contribution in [0.5, 0.6) is 0 Å². The summed E-state index contributed by atoms with van der Waals surface area (Å²) in [7, 11) is 0. The summed E-state index contributed by atoms with van der Waals surface area (Å²) in [6, 6.07) is 1.16. The minimum atomic E-state index is -0.652. The molecule has 1 heterocycles. The maximum atomic E-state index is 8.22. The Hall–Kier alpha value is -0.630. The van der Waals surface area contributed by atoms with Crippen LogP contribution in [-0.4, -0.2) is 18.6 Å². The summed E-state index contributed by atoms with van der Waals surface area (Å²) in [6.45, 7) is 1.75. The van der Waals surface area contributed by atoms with E-state index in [4.69, 9.17) is 20.5 Å². The van der Waals surface area contributed by atoms with Crippen molar-refractivity contribution >= 4 is 0 Å². The van der Waals surface area contributed by atoms with E-state index in [-0.39, 0.29) is 6.29 Å². The molecule has 1 atom stereocenters. The van der Waals surface area contributed by atoms with E-state index in [9.17, 15) is 0 Å². The Bertz CT molecular complexity index is 136. The fourth-order valence-electron chi connectivity index (χ4n) is 0.618. The molecule has 1 aliphatic rings. The van der Waals surface area contributed by atoms with Gasteiger partial charge in [0.2, 0.25) is 0 Å². The van der Waals surface area contributed by atoms with Gasteiger partial charge in [0.1, 0.15) is 6.04 Å². The second-order valence-corrected chi connectivity index (χ2v) is 1.86. The maximum Gasteiger partial charge on any atom is 0.192 e. The highest BCUT2D eigenvalue weighted by atomic mass is 16.9. The van der Waals surface area contributed by atoms with Gasteiger partial charge in [-0.2, -0.15) is 5.26 Å². The van der Waals surface area contributed by atoms with Gasteiger partial charge in [-0.25, -0.2) is 0 Å². The van der Waals surface area contributed by atoms with E-state index in [0.717, 1.165) is 0 Å². The number of nitrogens with two attached hydrogens (primary N) is 1. The zero-order chi connectivity index (χ0) is 6.85. The van der Waals surface area contributed by atoms with E-state index < -0.39 is 12.3 Å². The smallest absolute Gasteiger partial charge is 0.192 e. The third-order valence-electron chi connectivity index (χ3n) is 1.09. The van der Waals surface area contributed by atoms with Crippen molar-refractivity contribution in [2.45, 2.75) is 25.5 Å². The molecule has 0 aromatic carbocycles. The average Bonchev–Trinajstić information content (AvgIpc) is 1.79. The number of rotatable bonds is 1. The summed E-state index contributed by atoms with van der Waals surface area (Å²) in [5.74, 6) is 0. The van der Waals surface area contributed by atoms with Gasteiger partial charge in [0, 0.05) is 0 Å². The van der Waals surface area contributed by atoms with Gasteiger partial charge in [0.15, 0.2) is 12.6 Å². The van der Waals surface area contributed by atoms with Gasteiger partial charge in [-0.05, 0) is 6.92 Å². The molecule has 50 valence electrons. The molecule has 0 radical (unpaired) electrons. The van der Waals surface area contributed by atoms with Crippen molar-refractivity contribution in [2.75, 3.05) is 0 Å². The Morgan fingerprint density at radius 2 is 2.22 bits per heavy atom. The molecule has 0 bridgehead atoms. The summed E-state index contributed by atoms with van der Waals surface area (Å²) >= 11 is 0. The summed E-state index contributed by atoms with van der Waals surface area (Å²) in [4.78, 5) is 0. The van der Waals surface area contributed by atoms with Crippen molar-refractivity contribution in [3.8, 4) is 6.07 Å². The Morgan fingerprint density at radius 1 is 1.67 bits per heavy atom. The first-order valence-corrected chi connectivity index (χ1v) is 2.70. The topological polar surface area (TPSA) is 68.3 Å². The number of nitrogens with zero attached hydrogens (tertiary/aromatic N) is 1. The third kappa shape index (κ3) is 1.19. The molecule has 0 spiro atoms. The largest absolute Gasteiger partial charge is 0.321 e. The first-order chi connectivity index (χ1) is 4.24. The Labute approximate surface area is 53.2 Å². The predicted octanol–water partition coefficient (Wildman–Crippen LogP) is -0.444. The fraction of sp³-hybridized carbons (Fsp3) is 0.800. The molecule has 0 aromatic rings. The van der Waals surface area contributed by atoms with E-state index in [1.807, 2.05) is 6.07 Å². The van der Waals surface area contributed by atoms with E-state index in [2.05, 4.69) is 0 Å². The van der Waals surface area contributed by atoms with Gasteiger partial charge >= 0.3 is 0 Å². The SMILES string of the molecule is CC1OC(C(N)C#N)O1. The molecule has 4 heteroatoms. The molecule has 1 fully saturated rings. The quantitative estimate of drug-likeness (QED) is 0.519. The van der Waals surface area contributed by atoms with Crippen LogP contribution >= 0.6 is 0 Å². The summed E-state index contributed by atoms with van der Waals surface area (Å²) < 4.78 is 9.84. The Balaban J connectivity index is 2.25. The van der Waals surface area contributed by atoms with Gasteiger partial charge in [-0.3, -0.25) is 0 Å². The van der Waals surface area contributed by atoms with Crippen molar-refractivity contribution in [3.05, 3.63) is 0 Å². The molecule has 2 N–H and O–H groups in total. The average molecular weight is 128 g/mol. The van der Waals surface area contributed by atoms with Crippen LogP contribution in [0.15, 0.2) is 0 Å². The molecule has 0 aliphatic carbocycles. The fourth-order valence-corrected chi connectivity index (χ4v) is 0.618. The van der Waals surface area contributed by atoms with Crippen LogP contribution in [0, 0.1) is 11.3 Å². The van der Waals surface area contributed by atoms with Crippen LogP contribution in [0.3, 0.4) is 0 Å². The molecule has 1 aliphatic heterocycles. The van der Waals surface area contributed by atoms with Crippen molar-refractivity contribution in [3.63, 3.8) is 0 Å². The second kappa shape index (κ2) is 2.31. The zero-order valence-corrected chi connectivity index (χ0v) is 5.07. The lowest BCUT2D eigenvalue weighted by molar-refractivity contribution is -0.377. The van der Waals surface area contributed by atoms with Gasteiger partial charge in [0.25, 0.3) is 0 Å². The standard InChI is InChI=1S/C5H8N2O2/c1-3-8-5(9-3)4(7)2-6/h3-5H,7H2,1H3.